The Morgan fingerprint density at radius 1 is 1.25 bits per heavy atom. The molecule has 2 aromatic rings. The molecule has 0 radical (unpaired) electrons. The van der Waals surface area contributed by atoms with Gasteiger partial charge in [-0.1, -0.05) is 27.5 Å². The maximum atomic E-state index is 12.1. The van der Waals surface area contributed by atoms with Gasteiger partial charge in [0.2, 0.25) is 0 Å². The zero-order chi connectivity index (χ0) is 14.7. The van der Waals surface area contributed by atoms with E-state index in [1.54, 1.807) is 18.2 Å². The zero-order valence-electron chi connectivity index (χ0n) is 9.93. The maximum Gasteiger partial charge on any atom is 0.339 e. The van der Waals surface area contributed by atoms with E-state index in [1.165, 1.54) is 18.3 Å². The second-order valence-corrected chi connectivity index (χ2v) is 5.11. The SMILES string of the molecule is O=C(Nc1ncccc1C(=O)O)c1cc(Br)ccc1Cl. The summed E-state index contributed by atoms with van der Waals surface area (Å²) in [6, 6.07) is 7.64. The van der Waals surface area contributed by atoms with Gasteiger partial charge < -0.3 is 10.4 Å². The lowest BCUT2D eigenvalue weighted by molar-refractivity contribution is 0.0697. The van der Waals surface area contributed by atoms with E-state index in [1.807, 2.05) is 0 Å². The number of halogens is 2. The van der Waals surface area contributed by atoms with E-state index in [2.05, 4.69) is 26.2 Å². The fourth-order valence-corrected chi connectivity index (χ4v) is 2.09. The van der Waals surface area contributed by atoms with Gasteiger partial charge in [-0.15, -0.1) is 0 Å². The number of anilines is 1. The highest BCUT2D eigenvalue weighted by atomic mass is 79.9. The Morgan fingerprint density at radius 2 is 2.00 bits per heavy atom. The minimum absolute atomic E-state index is 0.0268. The van der Waals surface area contributed by atoms with Crippen LogP contribution in [0.4, 0.5) is 5.82 Å². The Hall–Kier alpha value is -1.92. The van der Waals surface area contributed by atoms with Gasteiger partial charge in [0.1, 0.15) is 11.4 Å². The van der Waals surface area contributed by atoms with Crippen LogP contribution >= 0.6 is 27.5 Å². The molecule has 5 nitrogen and oxygen atoms in total. The van der Waals surface area contributed by atoms with Crippen LogP contribution in [0.25, 0.3) is 0 Å². The smallest absolute Gasteiger partial charge is 0.339 e. The molecule has 2 N–H and O–H groups in total. The van der Waals surface area contributed by atoms with Crippen LogP contribution in [0.15, 0.2) is 41.0 Å². The lowest BCUT2D eigenvalue weighted by Gasteiger charge is -2.08. The van der Waals surface area contributed by atoms with Crippen molar-refractivity contribution in [3.63, 3.8) is 0 Å². The minimum Gasteiger partial charge on any atom is -0.478 e. The quantitative estimate of drug-likeness (QED) is 0.884. The third-order valence-corrected chi connectivity index (χ3v) is 3.27. The fourth-order valence-electron chi connectivity index (χ4n) is 1.52. The van der Waals surface area contributed by atoms with E-state index < -0.39 is 11.9 Å². The minimum atomic E-state index is -1.17. The van der Waals surface area contributed by atoms with Crippen molar-refractivity contribution >= 4 is 45.2 Å². The van der Waals surface area contributed by atoms with Gasteiger partial charge >= 0.3 is 5.97 Å². The molecule has 0 aliphatic rings. The number of amides is 1. The lowest BCUT2D eigenvalue weighted by atomic mass is 10.2. The first-order chi connectivity index (χ1) is 9.49. The van der Waals surface area contributed by atoms with Gasteiger partial charge in [-0.25, -0.2) is 9.78 Å². The van der Waals surface area contributed by atoms with Crippen molar-refractivity contribution in [3.05, 3.63) is 57.2 Å². The Bertz CT molecular complexity index is 691. The summed E-state index contributed by atoms with van der Waals surface area (Å²) in [7, 11) is 0. The zero-order valence-corrected chi connectivity index (χ0v) is 12.3. The second-order valence-electron chi connectivity index (χ2n) is 3.78. The number of nitrogens with one attached hydrogen (secondary N) is 1. The van der Waals surface area contributed by atoms with Crippen LogP contribution in [0.5, 0.6) is 0 Å². The monoisotopic (exact) mass is 354 g/mol. The Labute approximate surface area is 127 Å². The van der Waals surface area contributed by atoms with Crippen LogP contribution in [0, 0.1) is 0 Å². The molecule has 2 rings (SSSR count). The van der Waals surface area contributed by atoms with Crippen LogP contribution in [0.3, 0.4) is 0 Å². The van der Waals surface area contributed by atoms with Crippen LogP contribution in [0.2, 0.25) is 5.02 Å². The molecule has 0 bridgehead atoms. The van der Waals surface area contributed by atoms with Crippen molar-refractivity contribution in [3.8, 4) is 0 Å². The van der Waals surface area contributed by atoms with Crippen molar-refractivity contribution in [1.29, 1.82) is 0 Å². The summed E-state index contributed by atoms with van der Waals surface area (Å²) in [6.45, 7) is 0. The Balaban J connectivity index is 2.33. The Kier molecular flexibility index (Phi) is 4.36. The van der Waals surface area contributed by atoms with Gasteiger partial charge in [0.15, 0.2) is 0 Å². The normalized spacial score (nSPS) is 10.1. The Morgan fingerprint density at radius 3 is 2.70 bits per heavy atom. The highest BCUT2D eigenvalue weighted by Crippen LogP contribution is 2.22. The summed E-state index contributed by atoms with van der Waals surface area (Å²) in [5, 5.41) is 11.7. The number of nitrogens with zero attached hydrogens (tertiary/aromatic N) is 1. The van der Waals surface area contributed by atoms with Gasteiger partial charge in [-0.05, 0) is 30.3 Å². The number of benzene rings is 1. The van der Waals surface area contributed by atoms with Crippen molar-refractivity contribution in [2.24, 2.45) is 0 Å². The molecular weight excluding hydrogens is 348 g/mol. The maximum absolute atomic E-state index is 12.1. The van der Waals surface area contributed by atoms with E-state index in [0.717, 1.165) is 0 Å². The number of aromatic nitrogens is 1. The molecule has 0 aliphatic heterocycles. The molecule has 1 heterocycles. The van der Waals surface area contributed by atoms with E-state index >= 15 is 0 Å². The van der Waals surface area contributed by atoms with Crippen LogP contribution in [0.1, 0.15) is 20.7 Å². The first-order valence-corrected chi connectivity index (χ1v) is 6.61. The molecule has 7 heteroatoms. The topological polar surface area (TPSA) is 79.3 Å². The summed E-state index contributed by atoms with van der Waals surface area (Å²) in [5.41, 5.74) is 0.134. The van der Waals surface area contributed by atoms with Gasteiger partial charge in [0.25, 0.3) is 5.91 Å². The number of hydrogen-bond acceptors (Lipinski definition) is 3. The van der Waals surface area contributed by atoms with Gasteiger partial charge in [0.05, 0.1) is 10.6 Å². The van der Waals surface area contributed by atoms with E-state index in [9.17, 15) is 9.59 Å². The molecule has 1 amide bonds. The summed E-state index contributed by atoms with van der Waals surface area (Å²) in [4.78, 5) is 27.0. The molecular formula is C13H8BrClN2O3. The predicted molar refractivity (Wildman–Crippen MR) is 78.3 cm³/mol. The summed E-state index contributed by atoms with van der Waals surface area (Å²) >= 11 is 9.18. The summed E-state index contributed by atoms with van der Waals surface area (Å²) < 4.78 is 0.687. The molecule has 0 fully saturated rings. The third kappa shape index (κ3) is 3.15. The molecule has 1 aromatic heterocycles. The average Bonchev–Trinajstić information content (AvgIpc) is 2.41. The number of aromatic carboxylic acids is 1. The number of pyridine rings is 1. The van der Waals surface area contributed by atoms with Crippen molar-refractivity contribution in [2.45, 2.75) is 0 Å². The molecule has 0 saturated carbocycles. The fraction of sp³-hybridized carbons (Fsp3) is 0. The standard InChI is InChI=1S/C13H8BrClN2O3/c14-7-3-4-10(15)9(6-7)12(18)17-11-8(13(19)20)2-1-5-16-11/h1-6H,(H,19,20)(H,16,17,18). The molecule has 0 saturated heterocycles. The number of hydrogen-bond donors (Lipinski definition) is 2. The number of carboxylic acids is 1. The van der Waals surface area contributed by atoms with Gasteiger partial charge in [-0.3, -0.25) is 4.79 Å². The van der Waals surface area contributed by atoms with Gasteiger partial charge in [-0.2, -0.15) is 0 Å². The molecule has 102 valence electrons. The predicted octanol–water partition coefficient (Wildman–Crippen LogP) is 3.45. The van der Waals surface area contributed by atoms with E-state index in [4.69, 9.17) is 16.7 Å². The molecule has 20 heavy (non-hydrogen) atoms. The first-order valence-electron chi connectivity index (χ1n) is 5.44. The molecule has 1 aromatic carbocycles. The summed E-state index contributed by atoms with van der Waals surface area (Å²) in [5.74, 6) is -1.73. The number of carboxylic acid groups (broad SMARTS) is 1. The second kappa shape index (κ2) is 6.02. The van der Waals surface area contributed by atoms with Crippen LogP contribution in [-0.2, 0) is 0 Å². The number of rotatable bonds is 3. The van der Waals surface area contributed by atoms with Gasteiger partial charge in [0, 0.05) is 10.7 Å². The molecule has 0 unspecified atom stereocenters. The first kappa shape index (κ1) is 14.5. The van der Waals surface area contributed by atoms with Crippen molar-refractivity contribution in [2.75, 3.05) is 5.32 Å². The summed E-state index contributed by atoms with van der Waals surface area (Å²) in [6.07, 6.45) is 1.39. The lowest BCUT2D eigenvalue weighted by Crippen LogP contribution is -2.16. The van der Waals surface area contributed by atoms with Crippen LogP contribution in [-0.4, -0.2) is 22.0 Å². The molecule has 0 spiro atoms. The average molecular weight is 356 g/mol. The molecule has 0 aliphatic carbocycles. The highest BCUT2D eigenvalue weighted by Gasteiger charge is 2.16. The van der Waals surface area contributed by atoms with Crippen LogP contribution < -0.4 is 5.32 Å². The van der Waals surface area contributed by atoms with E-state index in [0.29, 0.717) is 4.47 Å². The third-order valence-electron chi connectivity index (χ3n) is 2.44. The van der Waals surface area contributed by atoms with Crippen molar-refractivity contribution < 1.29 is 14.7 Å². The largest absolute Gasteiger partial charge is 0.478 e. The highest BCUT2D eigenvalue weighted by molar-refractivity contribution is 9.10. The van der Waals surface area contributed by atoms with Crippen molar-refractivity contribution in [1.82, 2.24) is 4.98 Å². The number of carbonyl (C=O) groups is 2. The molecule has 0 atom stereocenters. The number of carbonyl (C=O) groups excluding carboxylic acids is 1. The van der Waals surface area contributed by atoms with E-state index in [-0.39, 0.29) is 22.0 Å².